The number of aromatic nitrogens is 1. The van der Waals surface area contributed by atoms with Crippen molar-refractivity contribution in [1.29, 1.82) is 0 Å². The monoisotopic (exact) mass is 234 g/mol. The lowest BCUT2D eigenvalue weighted by Crippen LogP contribution is -2.44. The molecule has 1 aromatic heterocycles. The Morgan fingerprint density at radius 1 is 1.35 bits per heavy atom. The Morgan fingerprint density at radius 2 is 2.12 bits per heavy atom. The van der Waals surface area contributed by atoms with Gasteiger partial charge in [0.1, 0.15) is 0 Å². The van der Waals surface area contributed by atoms with Gasteiger partial charge in [-0.15, -0.1) is 0 Å². The molecule has 17 heavy (non-hydrogen) atoms. The van der Waals surface area contributed by atoms with E-state index in [4.69, 9.17) is 0 Å². The molecule has 2 heterocycles. The van der Waals surface area contributed by atoms with Crippen LogP contribution in [0.4, 0.5) is 0 Å². The molecule has 1 aliphatic rings. The summed E-state index contributed by atoms with van der Waals surface area (Å²) in [5, 5.41) is 0. The number of likely N-dealkylation sites (tertiary alicyclic amines) is 1. The Balaban J connectivity index is 1.90. The molecule has 1 atom stereocenters. The van der Waals surface area contributed by atoms with Crippen molar-refractivity contribution >= 4 is 0 Å². The van der Waals surface area contributed by atoms with Gasteiger partial charge in [0.05, 0.1) is 0 Å². The van der Waals surface area contributed by atoms with E-state index in [2.05, 4.69) is 55.6 Å². The first kappa shape index (κ1) is 12.7. The second kappa shape index (κ2) is 4.85. The van der Waals surface area contributed by atoms with Gasteiger partial charge in [0.25, 0.3) is 0 Å². The smallest absolute Gasteiger partial charge is 0.0234 e. The molecule has 0 bridgehead atoms. The van der Waals surface area contributed by atoms with Gasteiger partial charge in [0, 0.05) is 30.5 Å². The van der Waals surface area contributed by atoms with E-state index in [1.807, 2.05) is 0 Å². The van der Waals surface area contributed by atoms with Crippen LogP contribution < -0.4 is 0 Å². The third kappa shape index (κ3) is 3.12. The van der Waals surface area contributed by atoms with E-state index in [9.17, 15) is 0 Å². The largest absolute Gasteiger partial charge is 0.354 e. The molecule has 2 heteroatoms. The predicted molar refractivity (Wildman–Crippen MR) is 73.3 cm³/mol. The first-order chi connectivity index (χ1) is 7.97. The third-order valence-corrected chi connectivity index (χ3v) is 3.86. The maximum atomic E-state index is 2.68. The van der Waals surface area contributed by atoms with Gasteiger partial charge in [-0.25, -0.2) is 0 Å². The SMILES string of the molecule is Cc1ccn(CC[C@H]2CCCN2C(C)(C)C)c1. The zero-order valence-corrected chi connectivity index (χ0v) is 11.7. The fraction of sp³-hybridized carbons (Fsp3) is 0.733. The maximum absolute atomic E-state index is 2.68. The minimum Gasteiger partial charge on any atom is -0.354 e. The van der Waals surface area contributed by atoms with E-state index in [1.54, 1.807) is 0 Å². The van der Waals surface area contributed by atoms with Crippen LogP contribution in [0.25, 0.3) is 0 Å². The van der Waals surface area contributed by atoms with Crippen LogP contribution in [0.15, 0.2) is 18.5 Å². The zero-order chi connectivity index (χ0) is 12.5. The summed E-state index contributed by atoms with van der Waals surface area (Å²) in [5.74, 6) is 0. The van der Waals surface area contributed by atoms with Gasteiger partial charge in [-0.2, -0.15) is 0 Å². The molecule has 0 unspecified atom stereocenters. The van der Waals surface area contributed by atoms with Crippen LogP contribution in [-0.2, 0) is 6.54 Å². The lowest BCUT2D eigenvalue weighted by atomic mass is 10.0. The Labute approximate surface area is 106 Å². The highest BCUT2D eigenvalue weighted by atomic mass is 15.2. The molecule has 1 aromatic rings. The number of nitrogens with zero attached hydrogens (tertiary/aromatic N) is 2. The highest BCUT2D eigenvalue weighted by molar-refractivity contribution is 5.07. The number of rotatable bonds is 3. The highest BCUT2D eigenvalue weighted by Crippen LogP contribution is 2.28. The minimum absolute atomic E-state index is 0.327. The lowest BCUT2D eigenvalue weighted by molar-refractivity contribution is 0.113. The molecule has 0 aromatic carbocycles. The van der Waals surface area contributed by atoms with E-state index < -0.39 is 0 Å². The highest BCUT2D eigenvalue weighted by Gasteiger charge is 2.32. The van der Waals surface area contributed by atoms with Crippen LogP contribution in [0.2, 0.25) is 0 Å². The predicted octanol–water partition coefficient (Wildman–Crippen LogP) is 3.45. The molecule has 1 fully saturated rings. The van der Waals surface area contributed by atoms with Crippen LogP contribution in [0.5, 0.6) is 0 Å². The van der Waals surface area contributed by atoms with E-state index in [0.29, 0.717) is 5.54 Å². The molecular formula is C15H26N2. The fourth-order valence-corrected chi connectivity index (χ4v) is 3.02. The average Bonchev–Trinajstić information content (AvgIpc) is 2.81. The van der Waals surface area contributed by atoms with Gasteiger partial charge in [-0.3, -0.25) is 4.90 Å². The first-order valence-electron chi connectivity index (χ1n) is 6.86. The van der Waals surface area contributed by atoms with Crippen molar-refractivity contribution in [2.24, 2.45) is 0 Å². The molecule has 2 nitrogen and oxygen atoms in total. The van der Waals surface area contributed by atoms with E-state index >= 15 is 0 Å². The summed E-state index contributed by atoms with van der Waals surface area (Å²) in [4.78, 5) is 2.68. The normalized spacial score (nSPS) is 22.2. The van der Waals surface area contributed by atoms with Crippen molar-refractivity contribution in [2.75, 3.05) is 6.54 Å². The molecule has 0 saturated carbocycles. The van der Waals surface area contributed by atoms with Crippen molar-refractivity contribution in [2.45, 2.75) is 65.1 Å². The van der Waals surface area contributed by atoms with Crippen LogP contribution >= 0.6 is 0 Å². The Morgan fingerprint density at radius 3 is 2.71 bits per heavy atom. The molecular weight excluding hydrogens is 208 g/mol. The topological polar surface area (TPSA) is 8.17 Å². The molecule has 0 radical (unpaired) electrons. The van der Waals surface area contributed by atoms with Crippen molar-refractivity contribution in [1.82, 2.24) is 9.47 Å². The van der Waals surface area contributed by atoms with Crippen LogP contribution in [0.1, 0.15) is 45.6 Å². The number of hydrogen-bond donors (Lipinski definition) is 0. The summed E-state index contributed by atoms with van der Waals surface area (Å²) in [7, 11) is 0. The maximum Gasteiger partial charge on any atom is 0.0234 e. The Bertz CT molecular complexity index is 359. The van der Waals surface area contributed by atoms with Crippen LogP contribution in [0.3, 0.4) is 0 Å². The van der Waals surface area contributed by atoms with Gasteiger partial charge < -0.3 is 4.57 Å². The van der Waals surface area contributed by atoms with Crippen molar-refractivity contribution in [3.8, 4) is 0 Å². The molecule has 2 rings (SSSR count). The van der Waals surface area contributed by atoms with Crippen molar-refractivity contribution < 1.29 is 0 Å². The first-order valence-corrected chi connectivity index (χ1v) is 6.86. The standard InChI is InChI=1S/C15H26N2/c1-13-7-10-16(12-13)11-8-14-6-5-9-17(14)15(2,3)4/h7,10,12,14H,5-6,8-9,11H2,1-4H3/t14-/m1/s1. The van der Waals surface area contributed by atoms with Gasteiger partial charge in [0.2, 0.25) is 0 Å². The Hall–Kier alpha value is -0.760. The molecule has 1 saturated heterocycles. The van der Waals surface area contributed by atoms with E-state index in [-0.39, 0.29) is 0 Å². The van der Waals surface area contributed by atoms with Gasteiger partial charge in [-0.1, -0.05) is 0 Å². The van der Waals surface area contributed by atoms with E-state index in [0.717, 1.165) is 12.6 Å². The lowest BCUT2D eigenvalue weighted by Gasteiger charge is -2.37. The van der Waals surface area contributed by atoms with Crippen molar-refractivity contribution in [3.63, 3.8) is 0 Å². The quantitative estimate of drug-likeness (QED) is 0.777. The second-order valence-corrected chi connectivity index (χ2v) is 6.38. The Kier molecular flexibility index (Phi) is 3.62. The summed E-state index contributed by atoms with van der Waals surface area (Å²) < 4.78 is 2.33. The van der Waals surface area contributed by atoms with Crippen LogP contribution in [0, 0.1) is 6.92 Å². The third-order valence-electron chi connectivity index (χ3n) is 3.86. The molecule has 0 amide bonds. The van der Waals surface area contributed by atoms with Gasteiger partial charge in [-0.05, 0) is 65.1 Å². The summed E-state index contributed by atoms with van der Waals surface area (Å²) in [6, 6.07) is 2.97. The summed E-state index contributed by atoms with van der Waals surface area (Å²) >= 11 is 0. The second-order valence-electron chi connectivity index (χ2n) is 6.38. The zero-order valence-electron chi connectivity index (χ0n) is 11.7. The van der Waals surface area contributed by atoms with Crippen LogP contribution in [-0.4, -0.2) is 27.6 Å². The number of hydrogen-bond acceptors (Lipinski definition) is 1. The number of aryl methyl sites for hydroxylation is 2. The molecule has 0 aliphatic carbocycles. The molecule has 0 N–H and O–H groups in total. The van der Waals surface area contributed by atoms with Gasteiger partial charge in [0.15, 0.2) is 0 Å². The molecule has 96 valence electrons. The summed E-state index contributed by atoms with van der Waals surface area (Å²) in [6.45, 7) is 11.6. The molecule has 0 spiro atoms. The molecule has 1 aliphatic heterocycles. The summed E-state index contributed by atoms with van der Waals surface area (Å²) in [5.41, 5.74) is 1.69. The minimum atomic E-state index is 0.327. The van der Waals surface area contributed by atoms with E-state index in [1.165, 1.54) is 31.4 Å². The summed E-state index contributed by atoms with van der Waals surface area (Å²) in [6.07, 6.45) is 8.47. The van der Waals surface area contributed by atoms with Crippen molar-refractivity contribution in [3.05, 3.63) is 24.0 Å². The average molecular weight is 234 g/mol. The fourth-order valence-electron chi connectivity index (χ4n) is 3.02. The van der Waals surface area contributed by atoms with Gasteiger partial charge >= 0.3 is 0 Å².